The first kappa shape index (κ1) is 47.4. The van der Waals surface area contributed by atoms with Crippen LogP contribution in [0.4, 0.5) is 17.1 Å². The molecule has 1 spiro atoms. The summed E-state index contributed by atoms with van der Waals surface area (Å²) in [4.78, 5) is 2.58. The maximum atomic E-state index is 2.58. The summed E-state index contributed by atoms with van der Waals surface area (Å²) in [6.45, 7) is 0. The van der Waals surface area contributed by atoms with E-state index in [-0.39, 0.29) is 0 Å². The lowest BCUT2D eigenvalue weighted by atomic mass is 9.70. The maximum absolute atomic E-state index is 2.58. The Hall–Kier alpha value is -10.6. The largest absolute Gasteiger partial charge is 0.309 e. The molecule has 2 aliphatic rings. The van der Waals surface area contributed by atoms with E-state index >= 15 is 0 Å². The van der Waals surface area contributed by atoms with Gasteiger partial charge >= 0.3 is 0 Å². The van der Waals surface area contributed by atoms with Gasteiger partial charge in [-0.3, -0.25) is 0 Å². The first-order chi connectivity index (χ1) is 40.7. The minimum Gasteiger partial charge on any atom is -0.309 e. The normalized spacial score (nSPS) is 12.5. The second kappa shape index (κ2) is 19.3. The minimum absolute atomic E-state index is 0.529. The predicted molar refractivity (Wildman–Crippen MR) is 345 cm³/mol. The van der Waals surface area contributed by atoms with Gasteiger partial charge in [-0.25, -0.2) is 0 Å². The predicted octanol–water partition coefficient (Wildman–Crippen LogP) is 21.8. The second-order valence-corrected chi connectivity index (χ2v) is 21.8. The zero-order valence-electron chi connectivity index (χ0n) is 45.0. The van der Waals surface area contributed by atoms with Crippen molar-refractivity contribution in [2.24, 2.45) is 0 Å². The van der Waals surface area contributed by atoms with Crippen LogP contribution in [-0.4, -0.2) is 0 Å². The molecule has 14 aromatic rings. The van der Waals surface area contributed by atoms with Crippen molar-refractivity contribution >= 4 is 38.6 Å². The monoisotopic (exact) mass is 1040 g/mol. The highest BCUT2D eigenvalue weighted by atomic mass is 15.1. The van der Waals surface area contributed by atoms with E-state index in [1.54, 1.807) is 0 Å². The molecule has 16 rings (SSSR count). The van der Waals surface area contributed by atoms with Crippen LogP contribution in [0, 0.1) is 0 Å². The molecule has 0 fully saturated rings. The van der Waals surface area contributed by atoms with E-state index in [2.05, 4.69) is 326 Å². The Bertz CT molecular complexity index is 4720. The third-order valence-corrected chi connectivity index (χ3v) is 17.5. The van der Waals surface area contributed by atoms with Crippen LogP contribution in [0.5, 0.6) is 0 Å². The second-order valence-electron chi connectivity index (χ2n) is 21.8. The van der Waals surface area contributed by atoms with Gasteiger partial charge in [-0.2, -0.15) is 0 Å². The molecule has 0 N–H and O–H groups in total. The van der Waals surface area contributed by atoms with Crippen LogP contribution in [0.1, 0.15) is 22.3 Å². The molecule has 1 heteroatoms. The van der Waals surface area contributed by atoms with E-state index in [4.69, 9.17) is 0 Å². The molecule has 0 heterocycles. The Kier molecular flexibility index (Phi) is 11.2. The molecule has 0 aliphatic heterocycles. The lowest BCUT2D eigenvalue weighted by Gasteiger charge is -2.33. The summed E-state index contributed by atoms with van der Waals surface area (Å²) in [7, 11) is 0. The zero-order chi connectivity index (χ0) is 54.1. The summed E-state index contributed by atoms with van der Waals surface area (Å²) in [5.41, 5.74) is 27.3. The van der Waals surface area contributed by atoms with Crippen LogP contribution in [0.25, 0.3) is 111 Å². The molecular weight excluding hydrogens is 987 g/mol. The van der Waals surface area contributed by atoms with Gasteiger partial charge in [-0.05, 0) is 164 Å². The fourth-order valence-electron chi connectivity index (χ4n) is 13.9. The van der Waals surface area contributed by atoms with Crippen molar-refractivity contribution in [3.63, 3.8) is 0 Å². The van der Waals surface area contributed by atoms with Gasteiger partial charge < -0.3 is 4.90 Å². The van der Waals surface area contributed by atoms with E-state index in [1.165, 1.54) is 116 Å². The van der Waals surface area contributed by atoms with Crippen molar-refractivity contribution in [3.8, 4) is 89.0 Å². The summed E-state index contributed by atoms with van der Waals surface area (Å²) in [5, 5.41) is 4.80. The van der Waals surface area contributed by atoms with Crippen LogP contribution in [0.3, 0.4) is 0 Å². The molecule has 0 aromatic heterocycles. The van der Waals surface area contributed by atoms with Crippen molar-refractivity contribution in [1.82, 2.24) is 0 Å². The quantitative estimate of drug-likeness (QED) is 0.130. The summed E-state index contributed by atoms with van der Waals surface area (Å²) in [5.74, 6) is 0. The first-order valence-electron chi connectivity index (χ1n) is 28.5. The summed E-state index contributed by atoms with van der Waals surface area (Å²) < 4.78 is 0. The van der Waals surface area contributed by atoms with Crippen molar-refractivity contribution in [1.29, 1.82) is 0 Å². The molecule has 0 radical (unpaired) electrons. The van der Waals surface area contributed by atoms with Crippen LogP contribution in [0.15, 0.2) is 322 Å². The van der Waals surface area contributed by atoms with Crippen LogP contribution >= 0.6 is 0 Å². The van der Waals surface area contributed by atoms with Crippen LogP contribution < -0.4 is 4.90 Å². The Morgan fingerprint density at radius 2 is 0.573 bits per heavy atom. The van der Waals surface area contributed by atoms with Gasteiger partial charge in [-0.15, -0.1) is 0 Å². The highest BCUT2D eigenvalue weighted by molar-refractivity contribution is 6.22. The Morgan fingerprint density at radius 3 is 1.16 bits per heavy atom. The van der Waals surface area contributed by atoms with Gasteiger partial charge in [0.15, 0.2) is 0 Å². The third-order valence-electron chi connectivity index (χ3n) is 17.5. The van der Waals surface area contributed by atoms with Crippen LogP contribution in [0.2, 0.25) is 0 Å². The molecule has 0 amide bonds. The molecule has 0 saturated heterocycles. The number of fused-ring (bicyclic) bond motifs is 13. The zero-order valence-corrected chi connectivity index (χ0v) is 45.0. The molecular formula is C81H53N. The van der Waals surface area contributed by atoms with E-state index < -0.39 is 5.41 Å². The average Bonchev–Trinajstić information content (AvgIpc) is 4.14. The van der Waals surface area contributed by atoms with Crippen molar-refractivity contribution in [2.45, 2.75) is 5.41 Å². The lowest BCUT2D eigenvalue weighted by molar-refractivity contribution is 0.793. The topological polar surface area (TPSA) is 3.24 Å². The van der Waals surface area contributed by atoms with E-state index in [0.29, 0.717) is 0 Å². The number of hydrogen-bond acceptors (Lipinski definition) is 1. The molecule has 14 aromatic carbocycles. The van der Waals surface area contributed by atoms with E-state index in [1.807, 2.05) is 0 Å². The van der Waals surface area contributed by atoms with Gasteiger partial charge in [0.2, 0.25) is 0 Å². The Morgan fingerprint density at radius 1 is 0.195 bits per heavy atom. The fourth-order valence-corrected chi connectivity index (χ4v) is 13.9. The van der Waals surface area contributed by atoms with Crippen molar-refractivity contribution in [2.75, 3.05) is 4.90 Å². The molecule has 82 heavy (non-hydrogen) atoms. The Balaban J connectivity index is 0.968. The molecule has 0 unspecified atom stereocenters. The standard InChI is InChI=1S/C81H53N/c1-4-22-54(23-5-1)58-28-20-29-59(50-58)60-30-21-31-62(51-60)79-72-37-12-10-32-66(72)67-33-11-13-38-73(67)80(79)82(63-45-42-57(43-46-63)74-52-61(55-24-6-2-7-25-55)44-48-65(74)56-26-8-3-9-27-56)64-47-49-71-70-36-16-19-41-77(70)81(78(71)53-64)75-39-17-14-34-68(75)69-35-15-18-40-76(69)81/h1-53H. The summed E-state index contributed by atoms with van der Waals surface area (Å²) in [6, 6.07) is 120. The number of rotatable bonds is 9. The van der Waals surface area contributed by atoms with Gasteiger partial charge in [-0.1, -0.05) is 279 Å². The third kappa shape index (κ3) is 7.48. The Labute approximate surface area is 479 Å². The number of hydrogen-bond donors (Lipinski definition) is 0. The van der Waals surface area contributed by atoms with Crippen molar-refractivity contribution < 1.29 is 0 Å². The highest BCUT2D eigenvalue weighted by Gasteiger charge is 2.51. The van der Waals surface area contributed by atoms with Crippen molar-refractivity contribution in [3.05, 3.63) is 344 Å². The molecule has 0 atom stereocenters. The number of anilines is 3. The van der Waals surface area contributed by atoms with E-state index in [9.17, 15) is 0 Å². The minimum atomic E-state index is -0.529. The van der Waals surface area contributed by atoms with Gasteiger partial charge in [0.05, 0.1) is 11.1 Å². The maximum Gasteiger partial charge on any atom is 0.0726 e. The summed E-state index contributed by atoms with van der Waals surface area (Å²) in [6.07, 6.45) is 0. The molecule has 382 valence electrons. The fraction of sp³-hybridized carbons (Fsp3) is 0.0123. The van der Waals surface area contributed by atoms with Gasteiger partial charge in [0, 0.05) is 22.3 Å². The van der Waals surface area contributed by atoms with Gasteiger partial charge in [0.25, 0.3) is 0 Å². The summed E-state index contributed by atoms with van der Waals surface area (Å²) >= 11 is 0. The number of benzene rings is 14. The molecule has 1 nitrogen and oxygen atoms in total. The first-order valence-corrected chi connectivity index (χ1v) is 28.5. The molecule has 2 aliphatic carbocycles. The van der Waals surface area contributed by atoms with Gasteiger partial charge in [0.1, 0.15) is 0 Å². The molecule has 0 bridgehead atoms. The van der Waals surface area contributed by atoms with Crippen LogP contribution in [-0.2, 0) is 5.41 Å². The van der Waals surface area contributed by atoms with E-state index in [0.717, 1.165) is 33.8 Å². The average molecular weight is 1040 g/mol. The number of nitrogens with zero attached hydrogens (tertiary/aromatic N) is 1. The highest BCUT2D eigenvalue weighted by Crippen LogP contribution is 2.64. The SMILES string of the molecule is c1ccc(-c2cccc(-c3cccc(-c4c(N(c5ccc(-c6cc(-c7ccccc7)ccc6-c6ccccc6)cc5)c5ccc6c(c5)C5(c7ccccc7-c7ccccc75)c5ccccc5-6)c5ccccc5c5ccccc45)c3)c2)cc1. The lowest BCUT2D eigenvalue weighted by Crippen LogP contribution is -2.26. The molecule has 0 saturated carbocycles. The smallest absolute Gasteiger partial charge is 0.0726 e.